The summed E-state index contributed by atoms with van der Waals surface area (Å²) in [6, 6.07) is 0. The zero-order chi connectivity index (χ0) is 8.91. The molecule has 62 valence electrons. The van der Waals surface area contributed by atoms with Gasteiger partial charge in [-0.3, -0.25) is 0 Å². The van der Waals surface area contributed by atoms with Gasteiger partial charge < -0.3 is 5.73 Å². The van der Waals surface area contributed by atoms with E-state index in [0.29, 0.717) is 0 Å². The lowest BCUT2D eigenvalue weighted by Gasteiger charge is -2.10. The van der Waals surface area contributed by atoms with Crippen LogP contribution in [0, 0.1) is 5.41 Å². The summed E-state index contributed by atoms with van der Waals surface area (Å²) in [6.45, 7) is 9.94. The van der Waals surface area contributed by atoms with Gasteiger partial charge in [0.15, 0.2) is 0 Å². The van der Waals surface area contributed by atoms with Crippen LogP contribution in [0.4, 0.5) is 0 Å². The van der Waals surface area contributed by atoms with E-state index >= 15 is 0 Å². The highest BCUT2D eigenvalue weighted by atomic mass is 14.5. The molecule has 1 nitrogen and oxygen atoms in total. The Morgan fingerprint density at radius 3 is 2.27 bits per heavy atom. The van der Waals surface area contributed by atoms with Crippen molar-refractivity contribution in [3.63, 3.8) is 0 Å². The lowest BCUT2D eigenvalue weighted by Crippen LogP contribution is -2.00. The van der Waals surface area contributed by atoms with E-state index in [1.165, 1.54) is 0 Å². The lowest BCUT2D eigenvalue weighted by atomic mass is 9.96. The van der Waals surface area contributed by atoms with Gasteiger partial charge in [0.1, 0.15) is 0 Å². The summed E-state index contributed by atoms with van der Waals surface area (Å²) in [7, 11) is 0. The van der Waals surface area contributed by atoms with E-state index in [4.69, 9.17) is 5.73 Å². The van der Waals surface area contributed by atoms with Crippen LogP contribution in [0.1, 0.15) is 20.8 Å². The van der Waals surface area contributed by atoms with E-state index in [1.54, 1.807) is 12.2 Å². The molecule has 0 rings (SSSR count). The molecule has 2 N–H and O–H groups in total. The Bertz CT molecular complexity index is 180. The number of rotatable bonds is 2. The van der Waals surface area contributed by atoms with Gasteiger partial charge in [0.2, 0.25) is 0 Å². The third-order valence-corrected chi connectivity index (χ3v) is 1.09. The van der Waals surface area contributed by atoms with Gasteiger partial charge in [0, 0.05) is 5.70 Å². The molecule has 0 aromatic rings. The highest BCUT2D eigenvalue weighted by Gasteiger charge is 2.02. The van der Waals surface area contributed by atoms with Crippen molar-refractivity contribution < 1.29 is 0 Å². The highest BCUT2D eigenvalue weighted by molar-refractivity contribution is 5.20. The van der Waals surface area contributed by atoms with Gasteiger partial charge in [-0.15, -0.1) is 0 Å². The molecule has 0 aliphatic rings. The fraction of sp³-hybridized carbons (Fsp3) is 0.400. The summed E-state index contributed by atoms with van der Waals surface area (Å²) >= 11 is 0. The van der Waals surface area contributed by atoms with E-state index in [-0.39, 0.29) is 5.41 Å². The smallest absolute Gasteiger partial charge is 0.0310 e. The molecule has 0 unspecified atom stereocenters. The molecule has 0 aliphatic carbocycles. The fourth-order valence-corrected chi connectivity index (χ4v) is 0.538. The van der Waals surface area contributed by atoms with Crippen molar-refractivity contribution in [3.05, 3.63) is 36.6 Å². The first kappa shape index (κ1) is 10.0. The van der Waals surface area contributed by atoms with E-state index < -0.39 is 0 Å². The normalized spacial score (nSPS) is 13.9. The van der Waals surface area contributed by atoms with Crippen molar-refractivity contribution in [1.82, 2.24) is 0 Å². The number of hydrogen-bond acceptors (Lipinski definition) is 1. The SMILES string of the molecule is C=C/C=C(N)\C=C/C(C)(C)C. The van der Waals surface area contributed by atoms with Gasteiger partial charge in [-0.25, -0.2) is 0 Å². The van der Waals surface area contributed by atoms with Gasteiger partial charge in [-0.05, 0) is 17.6 Å². The van der Waals surface area contributed by atoms with E-state index in [0.717, 1.165) is 5.70 Å². The minimum absolute atomic E-state index is 0.194. The quantitative estimate of drug-likeness (QED) is 0.603. The Balaban J connectivity index is 4.14. The number of nitrogens with two attached hydrogens (primary N) is 1. The van der Waals surface area contributed by atoms with Crippen molar-refractivity contribution in [1.29, 1.82) is 0 Å². The summed E-state index contributed by atoms with van der Waals surface area (Å²) < 4.78 is 0. The topological polar surface area (TPSA) is 26.0 Å². The van der Waals surface area contributed by atoms with Crippen LogP contribution in [0.3, 0.4) is 0 Å². The largest absolute Gasteiger partial charge is 0.399 e. The van der Waals surface area contributed by atoms with Crippen LogP contribution in [0.15, 0.2) is 36.6 Å². The van der Waals surface area contributed by atoms with Gasteiger partial charge in [0.25, 0.3) is 0 Å². The Labute approximate surface area is 69.3 Å². The fourth-order valence-electron chi connectivity index (χ4n) is 0.538. The summed E-state index contributed by atoms with van der Waals surface area (Å²) in [4.78, 5) is 0. The van der Waals surface area contributed by atoms with Crippen molar-refractivity contribution in [2.24, 2.45) is 11.1 Å². The Morgan fingerprint density at radius 1 is 1.36 bits per heavy atom. The summed E-state index contributed by atoms with van der Waals surface area (Å²) in [6.07, 6.45) is 7.44. The van der Waals surface area contributed by atoms with Crippen LogP contribution in [0.5, 0.6) is 0 Å². The molecule has 0 amide bonds. The van der Waals surface area contributed by atoms with E-state index in [9.17, 15) is 0 Å². The maximum absolute atomic E-state index is 5.59. The molecule has 0 aromatic heterocycles. The second-order valence-corrected chi connectivity index (χ2v) is 3.60. The zero-order valence-electron chi connectivity index (χ0n) is 7.59. The molecule has 0 bridgehead atoms. The minimum atomic E-state index is 0.194. The second-order valence-electron chi connectivity index (χ2n) is 3.60. The second kappa shape index (κ2) is 4.02. The molecular weight excluding hydrogens is 134 g/mol. The van der Waals surface area contributed by atoms with E-state index in [2.05, 4.69) is 33.4 Å². The predicted molar refractivity (Wildman–Crippen MR) is 51.1 cm³/mol. The molecule has 0 spiro atoms. The van der Waals surface area contributed by atoms with Crippen LogP contribution in [-0.4, -0.2) is 0 Å². The molecule has 1 heteroatoms. The van der Waals surface area contributed by atoms with E-state index in [1.807, 2.05) is 6.08 Å². The zero-order valence-corrected chi connectivity index (χ0v) is 7.59. The first-order chi connectivity index (χ1) is 4.95. The van der Waals surface area contributed by atoms with Crippen LogP contribution < -0.4 is 5.73 Å². The Kier molecular flexibility index (Phi) is 3.66. The summed E-state index contributed by atoms with van der Waals surface area (Å²) in [5.41, 5.74) is 6.53. The monoisotopic (exact) mass is 151 g/mol. The Morgan fingerprint density at radius 2 is 1.91 bits per heavy atom. The van der Waals surface area contributed by atoms with Crippen LogP contribution in [0.2, 0.25) is 0 Å². The standard InChI is InChI=1S/C10H17N/c1-5-6-9(11)7-8-10(2,3)4/h5-8H,1,11H2,2-4H3/b8-7-,9-6+. The number of hydrogen-bond donors (Lipinski definition) is 1. The highest BCUT2D eigenvalue weighted by Crippen LogP contribution is 2.14. The van der Waals surface area contributed by atoms with Crippen LogP contribution in [0.25, 0.3) is 0 Å². The molecule has 0 aromatic carbocycles. The molecule has 0 aliphatic heterocycles. The first-order valence-corrected chi connectivity index (χ1v) is 3.73. The van der Waals surface area contributed by atoms with Crippen molar-refractivity contribution in [2.45, 2.75) is 20.8 Å². The van der Waals surface area contributed by atoms with Crippen molar-refractivity contribution in [3.8, 4) is 0 Å². The van der Waals surface area contributed by atoms with Gasteiger partial charge in [-0.2, -0.15) is 0 Å². The molecule has 0 saturated heterocycles. The summed E-state index contributed by atoms with van der Waals surface area (Å²) in [5, 5.41) is 0. The molecule has 0 heterocycles. The third kappa shape index (κ3) is 6.91. The molecule has 0 atom stereocenters. The Hall–Kier alpha value is -0.980. The molecule has 0 radical (unpaired) electrons. The lowest BCUT2D eigenvalue weighted by molar-refractivity contribution is 0.544. The van der Waals surface area contributed by atoms with Crippen LogP contribution >= 0.6 is 0 Å². The van der Waals surface area contributed by atoms with Gasteiger partial charge >= 0.3 is 0 Å². The maximum Gasteiger partial charge on any atom is 0.0310 e. The minimum Gasteiger partial charge on any atom is -0.399 e. The molecule has 11 heavy (non-hydrogen) atoms. The summed E-state index contributed by atoms with van der Waals surface area (Å²) in [5.74, 6) is 0. The maximum atomic E-state index is 5.59. The third-order valence-electron chi connectivity index (χ3n) is 1.09. The van der Waals surface area contributed by atoms with Crippen molar-refractivity contribution >= 4 is 0 Å². The van der Waals surface area contributed by atoms with Crippen molar-refractivity contribution in [2.75, 3.05) is 0 Å². The molecular formula is C10H17N. The number of allylic oxidation sites excluding steroid dienone is 4. The first-order valence-electron chi connectivity index (χ1n) is 3.73. The average Bonchev–Trinajstić information content (AvgIpc) is 1.83. The predicted octanol–water partition coefficient (Wildman–Crippen LogP) is 2.62. The molecule has 0 saturated carbocycles. The van der Waals surface area contributed by atoms with Gasteiger partial charge in [0.05, 0.1) is 0 Å². The average molecular weight is 151 g/mol. The molecule has 0 fully saturated rings. The van der Waals surface area contributed by atoms with Crippen LogP contribution in [-0.2, 0) is 0 Å². The van der Waals surface area contributed by atoms with Gasteiger partial charge in [-0.1, -0.05) is 39.5 Å².